The number of rotatable bonds is 13. The van der Waals surface area contributed by atoms with Crippen molar-refractivity contribution in [3.63, 3.8) is 0 Å². The van der Waals surface area contributed by atoms with Gasteiger partial charge in [0.15, 0.2) is 0 Å². The maximum Gasteiger partial charge on any atom is 0.254 e. The van der Waals surface area contributed by atoms with E-state index in [9.17, 15) is 9.59 Å². The number of carbonyl (C=O) groups is 1. The quantitative estimate of drug-likeness (QED) is 0.0771. The number of amides is 1. The van der Waals surface area contributed by atoms with E-state index in [1.807, 2.05) is 6.07 Å². The van der Waals surface area contributed by atoms with Crippen LogP contribution in [-0.2, 0) is 4.79 Å². The Labute approximate surface area is 249 Å². The van der Waals surface area contributed by atoms with E-state index in [2.05, 4.69) is 38.7 Å². The van der Waals surface area contributed by atoms with Gasteiger partial charge in [0.1, 0.15) is 5.16 Å². The summed E-state index contributed by atoms with van der Waals surface area (Å²) < 4.78 is 1.69. The van der Waals surface area contributed by atoms with E-state index >= 15 is 0 Å². The van der Waals surface area contributed by atoms with Gasteiger partial charge in [0, 0.05) is 55.1 Å². The second kappa shape index (κ2) is 14.9. The number of anilines is 2. The Morgan fingerprint density at radius 2 is 1.95 bits per heavy atom. The number of aromatic nitrogens is 2. The smallest absolute Gasteiger partial charge is 0.254 e. The lowest BCUT2D eigenvalue weighted by atomic mass is 9.99. The van der Waals surface area contributed by atoms with Crippen LogP contribution in [0.3, 0.4) is 0 Å². The predicted octanol–water partition coefficient (Wildman–Crippen LogP) is 3.55. The molecule has 12 heteroatoms. The fourth-order valence-electron chi connectivity index (χ4n) is 5.05. The molecule has 2 heterocycles. The van der Waals surface area contributed by atoms with Crippen molar-refractivity contribution >= 4 is 41.0 Å². The number of hydrogen-bond donors (Lipinski definition) is 4. The van der Waals surface area contributed by atoms with Crippen LogP contribution in [0.4, 0.5) is 11.4 Å². The molecule has 41 heavy (non-hydrogen) atoms. The minimum Gasteiger partial charge on any atom is -0.388 e. The Morgan fingerprint density at radius 1 is 1.15 bits per heavy atom. The minimum absolute atomic E-state index is 0.00426. The van der Waals surface area contributed by atoms with E-state index in [1.165, 1.54) is 17.3 Å². The Balaban J connectivity index is 1.67. The van der Waals surface area contributed by atoms with Crippen molar-refractivity contribution in [2.24, 2.45) is 11.6 Å². The van der Waals surface area contributed by atoms with Gasteiger partial charge in [-0.3, -0.25) is 19.2 Å². The van der Waals surface area contributed by atoms with E-state index in [-0.39, 0.29) is 16.8 Å². The van der Waals surface area contributed by atoms with Crippen molar-refractivity contribution < 1.29 is 4.79 Å². The summed E-state index contributed by atoms with van der Waals surface area (Å²) in [5, 5.41) is 7.84. The zero-order valence-electron chi connectivity index (χ0n) is 22.8. The minimum atomic E-state index is -0.213. The lowest BCUT2D eigenvalue weighted by Crippen LogP contribution is -2.43. The standard InChI is InChI=1S/C29H36Cl2N8O2/c30-22-8-9-27(39(33)18-28(31)32)24(16-22)25-17-29(41)38(19-36-25)26(7-2-1-3-10-35-20-40)21-5-4-6-23(15-21)37-13-11-34-12-14-37/h4-6,8-9,15-20,26,34H,1-3,7,10-14,32-33H2,(H,35,40)/b28-18-. The van der Waals surface area contributed by atoms with Crippen LogP contribution in [0.2, 0.25) is 5.02 Å². The molecule has 1 atom stereocenters. The molecule has 0 aliphatic carbocycles. The molecule has 0 radical (unpaired) electrons. The first-order valence-corrected chi connectivity index (χ1v) is 14.4. The van der Waals surface area contributed by atoms with Gasteiger partial charge in [0.2, 0.25) is 6.41 Å². The summed E-state index contributed by atoms with van der Waals surface area (Å²) in [5.74, 6) is 6.16. The fourth-order valence-corrected chi connectivity index (χ4v) is 5.33. The summed E-state index contributed by atoms with van der Waals surface area (Å²) in [4.78, 5) is 31.3. The third-order valence-corrected chi connectivity index (χ3v) is 7.40. The molecule has 6 N–H and O–H groups in total. The van der Waals surface area contributed by atoms with E-state index in [1.54, 1.807) is 29.1 Å². The lowest BCUT2D eigenvalue weighted by Gasteiger charge is -2.30. The molecule has 2 aromatic carbocycles. The Hall–Kier alpha value is -3.57. The lowest BCUT2D eigenvalue weighted by molar-refractivity contribution is -0.109. The van der Waals surface area contributed by atoms with Crippen LogP contribution in [-0.4, -0.2) is 48.7 Å². The number of carbonyl (C=O) groups excluding carboxylic acids is 1. The van der Waals surface area contributed by atoms with Gasteiger partial charge in [-0.15, -0.1) is 0 Å². The molecule has 0 spiro atoms. The van der Waals surface area contributed by atoms with Crippen molar-refractivity contribution in [1.29, 1.82) is 0 Å². The first-order chi connectivity index (χ1) is 19.9. The van der Waals surface area contributed by atoms with Crippen LogP contribution in [0.5, 0.6) is 0 Å². The van der Waals surface area contributed by atoms with Crippen LogP contribution in [0, 0.1) is 0 Å². The Kier molecular flexibility index (Phi) is 11.0. The van der Waals surface area contributed by atoms with Crippen molar-refractivity contribution in [1.82, 2.24) is 20.2 Å². The first kappa shape index (κ1) is 30.4. The molecule has 10 nitrogen and oxygen atoms in total. The molecule has 1 aliphatic rings. The fraction of sp³-hybridized carbons (Fsp3) is 0.345. The van der Waals surface area contributed by atoms with Gasteiger partial charge in [-0.2, -0.15) is 0 Å². The van der Waals surface area contributed by atoms with Gasteiger partial charge in [-0.25, -0.2) is 10.8 Å². The third kappa shape index (κ3) is 8.23. The molecule has 218 valence electrons. The van der Waals surface area contributed by atoms with Crippen LogP contribution >= 0.6 is 23.2 Å². The maximum absolute atomic E-state index is 13.7. The topological polar surface area (TPSA) is 135 Å². The normalized spacial score (nSPS) is 14.5. The molecule has 1 saturated heterocycles. The van der Waals surface area contributed by atoms with Crippen molar-refractivity contribution in [2.45, 2.75) is 31.7 Å². The molecule has 3 aromatic rings. The first-order valence-electron chi connectivity index (χ1n) is 13.6. The average molecular weight is 600 g/mol. The number of piperazine rings is 1. The van der Waals surface area contributed by atoms with Crippen molar-refractivity contribution in [3.8, 4) is 11.3 Å². The van der Waals surface area contributed by atoms with E-state index in [0.29, 0.717) is 34.9 Å². The molecule has 0 bridgehead atoms. The molecule has 1 fully saturated rings. The van der Waals surface area contributed by atoms with Crippen LogP contribution in [0.15, 0.2) is 71.0 Å². The molecule has 1 aliphatic heterocycles. The van der Waals surface area contributed by atoms with Gasteiger partial charge >= 0.3 is 0 Å². The number of unbranched alkanes of at least 4 members (excludes halogenated alkanes) is 2. The van der Waals surface area contributed by atoms with Crippen molar-refractivity contribution in [3.05, 3.63) is 87.2 Å². The molecular formula is C29H36Cl2N8O2. The maximum atomic E-state index is 13.7. The number of nitrogens with two attached hydrogens (primary N) is 2. The number of hydrazine groups is 1. The van der Waals surface area contributed by atoms with Crippen LogP contribution < -0.4 is 37.7 Å². The zero-order chi connectivity index (χ0) is 29.2. The van der Waals surface area contributed by atoms with Gasteiger partial charge in [0.05, 0.1) is 30.0 Å². The summed E-state index contributed by atoms with van der Waals surface area (Å²) in [6, 6.07) is 14.8. The molecule has 4 rings (SSSR count). The highest BCUT2D eigenvalue weighted by Gasteiger charge is 2.20. The van der Waals surface area contributed by atoms with Crippen LogP contribution in [0.1, 0.15) is 37.3 Å². The van der Waals surface area contributed by atoms with Crippen LogP contribution in [0.25, 0.3) is 11.3 Å². The van der Waals surface area contributed by atoms with Gasteiger partial charge in [0.25, 0.3) is 5.56 Å². The zero-order valence-corrected chi connectivity index (χ0v) is 24.3. The van der Waals surface area contributed by atoms with Crippen molar-refractivity contribution in [2.75, 3.05) is 42.6 Å². The van der Waals surface area contributed by atoms with E-state index < -0.39 is 0 Å². The molecule has 1 unspecified atom stereocenters. The number of hydrogen-bond acceptors (Lipinski definition) is 8. The Morgan fingerprint density at radius 3 is 2.68 bits per heavy atom. The van der Waals surface area contributed by atoms with Gasteiger partial charge < -0.3 is 21.3 Å². The summed E-state index contributed by atoms with van der Waals surface area (Å²) in [7, 11) is 0. The molecular weight excluding hydrogens is 563 g/mol. The monoisotopic (exact) mass is 598 g/mol. The van der Waals surface area contributed by atoms with Gasteiger partial charge in [-0.05, 0) is 48.7 Å². The summed E-state index contributed by atoms with van der Waals surface area (Å²) >= 11 is 12.1. The second-order valence-corrected chi connectivity index (χ2v) is 10.7. The highest BCUT2D eigenvalue weighted by atomic mass is 35.5. The molecule has 0 saturated carbocycles. The highest BCUT2D eigenvalue weighted by Crippen LogP contribution is 2.32. The Bertz CT molecular complexity index is 1400. The molecule has 1 amide bonds. The third-order valence-electron chi connectivity index (χ3n) is 7.07. The highest BCUT2D eigenvalue weighted by molar-refractivity contribution is 6.31. The predicted molar refractivity (Wildman–Crippen MR) is 166 cm³/mol. The average Bonchev–Trinajstić information content (AvgIpc) is 2.97. The summed E-state index contributed by atoms with van der Waals surface area (Å²) in [6.45, 7) is 4.36. The second-order valence-electron chi connectivity index (χ2n) is 9.87. The number of nitrogens with one attached hydrogen (secondary N) is 2. The SMILES string of the molecule is N/C(Cl)=C\N(N)c1ccc(Cl)cc1-c1cc(=O)n(C(CCCCCNC=O)c2cccc(N3CCNCC3)c2)cn1. The molecule has 1 aromatic heterocycles. The summed E-state index contributed by atoms with van der Waals surface area (Å²) in [6.07, 6.45) is 7.08. The number of halogens is 2. The van der Waals surface area contributed by atoms with E-state index in [4.69, 9.17) is 34.8 Å². The largest absolute Gasteiger partial charge is 0.388 e. The number of benzene rings is 2. The number of nitrogens with zero attached hydrogens (tertiary/aromatic N) is 4. The van der Waals surface area contributed by atoms with E-state index in [0.717, 1.165) is 63.1 Å². The van der Waals surface area contributed by atoms with Gasteiger partial charge in [-0.1, -0.05) is 48.2 Å². The summed E-state index contributed by atoms with van der Waals surface area (Å²) in [5.41, 5.74) is 9.11.